The van der Waals surface area contributed by atoms with Crippen molar-refractivity contribution in [2.45, 2.75) is 49.6 Å². The molecule has 1 aromatic heterocycles. The minimum atomic E-state index is -4.35. The van der Waals surface area contributed by atoms with E-state index in [1.54, 1.807) is 18.3 Å². The van der Waals surface area contributed by atoms with Crippen LogP contribution < -0.4 is 0 Å². The Morgan fingerprint density at radius 2 is 1.76 bits per heavy atom. The van der Waals surface area contributed by atoms with E-state index in [9.17, 15) is 18.3 Å². The van der Waals surface area contributed by atoms with E-state index >= 15 is 0 Å². The second-order valence-corrected chi connectivity index (χ2v) is 8.14. The Bertz CT molecular complexity index is 835. The lowest BCUT2D eigenvalue weighted by atomic mass is 9.75. The molecule has 2 saturated heterocycles. The number of hydrogen-bond acceptors (Lipinski definition) is 4. The van der Waals surface area contributed by atoms with Crippen molar-refractivity contribution in [1.29, 1.82) is 0 Å². The molecule has 0 saturated carbocycles. The molecule has 4 nitrogen and oxygen atoms in total. The monoisotopic (exact) mass is 406 g/mol. The topological polar surface area (TPSA) is 45.6 Å². The third kappa shape index (κ3) is 4.32. The first-order valence-electron chi connectivity index (χ1n) is 9.95. The summed E-state index contributed by atoms with van der Waals surface area (Å²) in [5, 5.41) is 11.2. The molecule has 0 radical (unpaired) electrons. The lowest BCUT2D eigenvalue weighted by molar-refractivity contribution is -0.184. The van der Waals surface area contributed by atoms with Crippen molar-refractivity contribution in [3.63, 3.8) is 0 Å². The van der Waals surface area contributed by atoms with Gasteiger partial charge in [-0.25, -0.2) is 0 Å². The van der Waals surface area contributed by atoms with E-state index in [1.165, 1.54) is 6.07 Å². The van der Waals surface area contributed by atoms with Crippen LogP contribution >= 0.6 is 0 Å². The molecule has 2 aromatic rings. The number of aliphatic hydroxyl groups is 1. The highest BCUT2D eigenvalue weighted by Gasteiger charge is 2.48. The van der Waals surface area contributed by atoms with Gasteiger partial charge in [0.15, 0.2) is 0 Å². The smallest absolute Gasteiger partial charge is 0.383 e. The van der Waals surface area contributed by atoms with Gasteiger partial charge in [0.1, 0.15) is 5.60 Å². The van der Waals surface area contributed by atoms with E-state index in [0.717, 1.165) is 6.07 Å². The lowest BCUT2D eigenvalue weighted by Gasteiger charge is -2.49. The van der Waals surface area contributed by atoms with Gasteiger partial charge >= 0.3 is 6.18 Å². The van der Waals surface area contributed by atoms with Gasteiger partial charge in [0.05, 0.1) is 23.5 Å². The van der Waals surface area contributed by atoms with Crippen LogP contribution in [0.4, 0.5) is 13.2 Å². The van der Waals surface area contributed by atoms with Gasteiger partial charge in [0.25, 0.3) is 0 Å². The number of benzene rings is 1. The number of likely N-dealkylation sites (tertiary alicyclic amines) is 1. The molecular formula is C22H25F3N2O2. The lowest BCUT2D eigenvalue weighted by Crippen LogP contribution is -2.53. The van der Waals surface area contributed by atoms with Crippen molar-refractivity contribution in [2.24, 2.45) is 0 Å². The van der Waals surface area contributed by atoms with E-state index in [2.05, 4.69) is 4.98 Å². The van der Waals surface area contributed by atoms with Crippen LogP contribution in [-0.4, -0.2) is 40.3 Å². The van der Waals surface area contributed by atoms with Gasteiger partial charge in [-0.2, -0.15) is 13.2 Å². The molecule has 156 valence electrons. The van der Waals surface area contributed by atoms with Gasteiger partial charge in [-0.1, -0.05) is 24.3 Å². The normalized spacial score (nSPS) is 25.2. The Morgan fingerprint density at radius 1 is 1.03 bits per heavy atom. The number of alkyl halides is 3. The molecule has 1 spiro atoms. The molecule has 1 unspecified atom stereocenters. The van der Waals surface area contributed by atoms with Crippen molar-refractivity contribution >= 4 is 0 Å². The van der Waals surface area contributed by atoms with E-state index in [0.29, 0.717) is 56.6 Å². The van der Waals surface area contributed by atoms with Gasteiger partial charge < -0.3 is 9.84 Å². The maximum Gasteiger partial charge on any atom is 0.416 e. The Morgan fingerprint density at radius 3 is 2.45 bits per heavy atom. The van der Waals surface area contributed by atoms with Gasteiger partial charge in [0.2, 0.25) is 0 Å². The Labute approximate surface area is 168 Å². The summed E-state index contributed by atoms with van der Waals surface area (Å²) in [5.41, 5.74) is -1.09. The molecule has 29 heavy (non-hydrogen) atoms. The fraction of sp³-hybridized carbons (Fsp3) is 0.500. The van der Waals surface area contributed by atoms with E-state index in [-0.39, 0.29) is 6.54 Å². The Balaban J connectivity index is 1.43. The molecule has 2 fully saturated rings. The van der Waals surface area contributed by atoms with Crippen molar-refractivity contribution in [3.8, 4) is 0 Å². The zero-order valence-corrected chi connectivity index (χ0v) is 16.2. The van der Waals surface area contributed by atoms with Crippen molar-refractivity contribution in [1.82, 2.24) is 9.88 Å². The third-order valence-corrected chi connectivity index (χ3v) is 6.16. The van der Waals surface area contributed by atoms with Crippen LogP contribution in [0.5, 0.6) is 0 Å². The highest BCUT2D eigenvalue weighted by molar-refractivity contribution is 5.29. The summed E-state index contributed by atoms with van der Waals surface area (Å²) in [6.07, 6.45) is -0.361. The summed E-state index contributed by atoms with van der Waals surface area (Å²) < 4.78 is 45.9. The molecule has 7 heteroatoms. The van der Waals surface area contributed by atoms with Crippen LogP contribution in [-0.2, 0) is 23.1 Å². The van der Waals surface area contributed by atoms with Crippen LogP contribution in [0.1, 0.15) is 42.5 Å². The molecule has 0 bridgehead atoms. The van der Waals surface area contributed by atoms with Crippen molar-refractivity contribution in [3.05, 3.63) is 65.5 Å². The predicted octanol–water partition coefficient (Wildman–Crippen LogP) is 4.13. The largest absolute Gasteiger partial charge is 0.416 e. The van der Waals surface area contributed by atoms with Crippen molar-refractivity contribution < 1.29 is 23.0 Å². The second-order valence-electron chi connectivity index (χ2n) is 8.14. The van der Waals surface area contributed by atoms with Crippen molar-refractivity contribution in [2.75, 3.05) is 19.7 Å². The maximum atomic E-state index is 13.3. The van der Waals surface area contributed by atoms with E-state index in [1.807, 2.05) is 23.1 Å². The zero-order valence-electron chi connectivity index (χ0n) is 16.2. The first kappa shape index (κ1) is 20.3. The summed E-state index contributed by atoms with van der Waals surface area (Å²) in [4.78, 5) is 6.37. The highest BCUT2D eigenvalue weighted by Crippen LogP contribution is 2.44. The average molecular weight is 406 g/mol. The second kappa shape index (κ2) is 7.70. The quantitative estimate of drug-likeness (QED) is 0.833. The summed E-state index contributed by atoms with van der Waals surface area (Å²) in [6, 6.07) is 11.3. The molecular weight excluding hydrogens is 381 g/mol. The number of aromatic nitrogens is 1. The number of rotatable bonds is 3. The van der Waals surface area contributed by atoms with Crippen LogP contribution in [0.15, 0.2) is 48.7 Å². The molecule has 1 aromatic carbocycles. The number of hydrogen-bond donors (Lipinski definition) is 1. The van der Waals surface area contributed by atoms with Gasteiger partial charge in [-0.3, -0.25) is 9.88 Å². The molecule has 1 N–H and O–H groups in total. The predicted molar refractivity (Wildman–Crippen MR) is 102 cm³/mol. The van der Waals surface area contributed by atoms with E-state index in [4.69, 9.17) is 4.74 Å². The van der Waals surface area contributed by atoms with E-state index < -0.39 is 22.9 Å². The molecule has 1 atom stereocenters. The summed E-state index contributed by atoms with van der Waals surface area (Å²) in [5.74, 6) is 0. The maximum absolute atomic E-state index is 13.3. The SMILES string of the molecule is OC1(c2ccccn2)CCOC2(CCN(Cc3ccccc3C(F)(F)F)CC2)C1. The van der Waals surface area contributed by atoms with Crippen LogP contribution in [0.25, 0.3) is 0 Å². The molecule has 3 heterocycles. The fourth-order valence-electron chi connectivity index (χ4n) is 4.58. The number of pyridine rings is 1. The Hall–Kier alpha value is -1.96. The van der Waals surface area contributed by atoms with Gasteiger partial charge in [-0.05, 0) is 36.6 Å². The third-order valence-electron chi connectivity index (χ3n) is 6.16. The Kier molecular flexibility index (Phi) is 5.40. The van der Waals surface area contributed by atoms with Crippen LogP contribution in [0, 0.1) is 0 Å². The molecule has 4 rings (SSSR count). The average Bonchev–Trinajstić information content (AvgIpc) is 2.70. The molecule has 2 aliphatic heterocycles. The molecule has 2 aliphatic rings. The number of ether oxygens (including phenoxy) is 1. The highest BCUT2D eigenvalue weighted by atomic mass is 19.4. The minimum Gasteiger partial charge on any atom is -0.383 e. The summed E-state index contributed by atoms with van der Waals surface area (Å²) in [6.45, 7) is 1.97. The number of piperidine rings is 1. The van der Waals surface area contributed by atoms with Crippen LogP contribution in [0.3, 0.4) is 0 Å². The number of nitrogens with zero attached hydrogens (tertiary/aromatic N) is 2. The minimum absolute atomic E-state index is 0.260. The van der Waals surface area contributed by atoms with Gasteiger partial charge in [-0.15, -0.1) is 0 Å². The van der Waals surface area contributed by atoms with Crippen LogP contribution in [0.2, 0.25) is 0 Å². The molecule has 0 amide bonds. The first-order chi connectivity index (χ1) is 13.8. The fourth-order valence-corrected chi connectivity index (χ4v) is 4.58. The standard InChI is InChI=1S/C22H25F3N2O2/c23-22(24,25)18-6-2-1-5-17(18)15-27-12-8-20(9-13-27)16-21(28,10-14-29-20)19-7-3-4-11-26-19/h1-7,11,28H,8-10,12-16H2. The number of halogens is 3. The summed E-state index contributed by atoms with van der Waals surface area (Å²) in [7, 11) is 0. The summed E-state index contributed by atoms with van der Waals surface area (Å²) >= 11 is 0. The zero-order chi connectivity index (χ0) is 20.5. The first-order valence-corrected chi connectivity index (χ1v) is 9.95. The molecule has 0 aliphatic carbocycles. The van der Waals surface area contributed by atoms with Gasteiger partial charge in [0, 0.05) is 38.7 Å².